The zero-order valence-electron chi connectivity index (χ0n) is 8.40. The summed E-state index contributed by atoms with van der Waals surface area (Å²) in [5.41, 5.74) is 0. The number of aromatic nitrogens is 2. The van der Waals surface area contributed by atoms with Crippen LogP contribution in [-0.4, -0.2) is 36.5 Å². The van der Waals surface area contributed by atoms with Crippen molar-refractivity contribution in [3.8, 4) is 0 Å². The normalized spacial score (nSPS) is 11.9. The van der Waals surface area contributed by atoms with Gasteiger partial charge in [0.2, 0.25) is 5.03 Å². The number of nitrogens with one attached hydrogen (secondary N) is 1. The van der Waals surface area contributed by atoms with Crippen molar-refractivity contribution in [2.75, 3.05) is 18.6 Å². The highest BCUT2D eigenvalue weighted by molar-refractivity contribution is 7.98. The van der Waals surface area contributed by atoms with Crippen LogP contribution in [0.2, 0.25) is 5.15 Å². The summed E-state index contributed by atoms with van der Waals surface area (Å²) in [4.78, 5) is 3.74. The highest BCUT2D eigenvalue weighted by Crippen LogP contribution is 2.17. The molecule has 0 aromatic carbocycles. The second-order valence-electron chi connectivity index (χ2n) is 2.84. The zero-order chi connectivity index (χ0) is 11.5. The van der Waals surface area contributed by atoms with Crippen molar-refractivity contribution in [2.24, 2.45) is 7.05 Å². The molecule has 1 rings (SSSR count). The van der Waals surface area contributed by atoms with E-state index in [1.807, 2.05) is 6.26 Å². The maximum Gasteiger partial charge on any atom is 0.261 e. The Hall–Kier alpha value is -0.240. The maximum absolute atomic E-state index is 11.7. The van der Waals surface area contributed by atoms with Crippen molar-refractivity contribution in [1.29, 1.82) is 0 Å². The van der Waals surface area contributed by atoms with Gasteiger partial charge in [0.25, 0.3) is 10.0 Å². The number of nitrogens with zero attached hydrogens (tertiary/aromatic N) is 2. The molecule has 0 bridgehead atoms. The van der Waals surface area contributed by atoms with Crippen LogP contribution in [0.1, 0.15) is 0 Å². The van der Waals surface area contributed by atoms with Crippen molar-refractivity contribution in [3.63, 3.8) is 0 Å². The number of halogens is 1. The lowest BCUT2D eigenvalue weighted by molar-refractivity contribution is 0.581. The van der Waals surface area contributed by atoms with Gasteiger partial charge in [-0.15, -0.1) is 0 Å². The number of imidazole rings is 1. The topological polar surface area (TPSA) is 64.0 Å². The monoisotopic (exact) mass is 269 g/mol. The van der Waals surface area contributed by atoms with Gasteiger partial charge in [0.15, 0.2) is 0 Å². The molecule has 0 spiro atoms. The van der Waals surface area contributed by atoms with E-state index in [0.29, 0.717) is 12.3 Å². The van der Waals surface area contributed by atoms with E-state index in [-0.39, 0.29) is 10.2 Å². The van der Waals surface area contributed by atoms with E-state index in [1.54, 1.807) is 18.8 Å². The molecule has 1 aromatic rings. The molecule has 0 fully saturated rings. The first-order chi connectivity index (χ1) is 6.99. The maximum atomic E-state index is 11.7. The smallest absolute Gasteiger partial charge is 0.261 e. The lowest BCUT2D eigenvalue weighted by Gasteiger charge is -2.03. The van der Waals surface area contributed by atoms with Gasteiger partial charge in [-0.05, 0) is 6.26 Å². The number of aryl methyl sites for hydroxylation is 1. The minimum Gasteiger partial charge on any atom is -0.324 e. The van der Waals surface area contributed by atoms with Crippen molar-refractivity contribution >= 4 is 33.4 Å². The summed E-state index contributed by atoms with van der Waals surface area (Å²) in [6, 6.07) is 0. The molecule has 1 heterocycles. The standard InChI is InChI=1S/C7H12ClN3O2S2/c1-11-5-9-7(6(11)8)15(12,13)10-3-4-14-2/h5,10H,3-4H2,1-2H3. The first kappa shape index (κ1) is 12.8. The lowest BCUT2D eigenvalue weighted by atomic mass is 10.8. The Morgan fingerprint density at radius 3 is 2.80 bits per heavy atom. The van der Waals surface area contributed by atoms with Crippen LogP contribution in [-0.2, 0) is 17.1 Å². The van der Waals surface area contributed by atoms with Gasteiger partial charge in [-0.1, -0.05) is 11.6 Å². The minimum atomic E-state index is -3.57. The Balaban J connectivity index is 2.82. The van der Waals surface area contributed by atoms with Crippen LogP contribution in [0.3, 0.4) is 0 Å². The van der Waals surface area contributed by atoms with Gasteiger partial charge in [0.1, 0.15) is 5.15 Å². The van der Waals surface area contributed by atoms with Crippen LogP contribution < -0.4 is 4.72 Å². The van der Waals surface area contributed by atoms with E-state index in [4.69, 9.17) is 11.6 Å². The number of thioether (sulfide) groups is 1. The third kappa shape index (κ3) is 3.10. The highest BCUT2D eigenvalue weighted by atomic mass is 35.5. The first-order valence-corrected chi connectivity index (χ1v) is 7.40. The third-order valence-electron chi connectivity index (χ3n) is 1.69. The lowest BCUT2D eigenvalue weighted by Crippen LogP contribution is -2.26. The predicted octanol–water partition coefficient (Wildman–Crippen LogP) is 0.715. The summed E-state index contributed by atoms with van der Waals surface area (Å²) in [5, 5.41) is -0.000536. The average Bonchev–Trinajstić information content (AvgIpc) is 2.48. The quantitative estimate of drug-likeness (QED) is 0.800. The minimum absolute atomic E-state index is 0.117. The fourth-order valence-electron chi connectivity index (χ4n) is 0.921. The Morgan fingerprint density at radius 1 is 1.67 bits per heavy atom. The molecule has 8 heteroatoms. The molecule has 1 N–H and O–H groups in total. The van der Waals surface area contributed by atoms with Gasteiger partial charge in [-0.2, -0.15) is 11.8 Å². The van der Waals surface area contributed by atoms with Gasteiger partial charge < -0.3 is 4.57 Å². The predicted molar refractivity (Wildman–Crippen MR) is 61.8 cm³/mol. The third-order valence-corrected chi connectivity index (χ3v) is 4.25. The summed E-state index contributed by atoms with van der Waals surface area (Å²) in [7, 11) is -1.93. The molecule has 0 aliphatic rings. The van der Waals surface area contributed by atoms with E-state index >= 15 is 0 Å². The molecule has 86 valence electrons. The van der Waals surface area contributed by atoms with E-state index in [2.05, 4.69) is 9.71 Å². The fourth-order valence-corrected chi connectivity index (χ4v) is 2.81. The van der Waals surface area contributed by atoms with Crippen molar-refractivity contribution in [2.45, 2.75) is 5.03 Å². The van der Waals surface area contributed by atoms with E-state index in [1.165, 1.54) is 10.9 Å². The van der Waals surface area contributed by atoms with Crippen LogP contribution >= 0.6 is 23.4 Å². The molecule has 0 saturated carbocycles. The Kier molecular flexibility index (Phi) is 4.45. The van der Waals surface area contributed by atoms with Gasteiger partial charge >= 0.3 is 0 Å². The van der Waals surface area contributed by atoms with Crippen molar-refractivity contribution in [1.82, 2.24) is 14.3 Å². The van der Waals surface area contributed by atoms with Crippen molar-refractivity contribution < 1.29 is 8.42 Å². The number of rotatable bonds is 5. The molecular weight excluding hydrogens is 258 g/mol. The summed E-state index contributed by atoms with van der Waals surface area (Å²) < 4.78 is 27.2. The summed E-state index contributed by atoms with van der Waals surface area (Å²) in [5.74, 6) is 0.712. The van der Waals surface area contributed by atoms with E-state index < -0.39 is 10.0 Å². The van der Waals surface area contributed by atoms with Crippen LogP contribution in [0.5, 0.6) is 0 Å². The van der Waals surface area contributed by atoms with E-state index in [0.717, 1.165) is 0 Å². The number of sulfonamides is 1. The van der Waals surface area contributed by atoms with Gasteiger partial charge in [0.05, 0.1) is 6.33 Å². The summed E-state index contributed by atoms with van der Waals surface area (Å²) >= 11 is 7.34. The second-order valence-corrected chi connectivity index (χ2v) is 5.87. The number of hydrogen-bond donors (Lipinski definition) is 1. The Bertz CT molecular complexity index is 429. The largest absolute Gasteiger partial charge is 0.324 e. The van der Waals surface area contributed by atoms with Gasteiger partial charge in [-0.3, -0.25) is 0 Å². The zero-order valence-corrected chi connectivity index (χ0v) is 10.8. The molecular formula is C7H12ClN3O2S2. The SMILES string of the molecule is CSCCNS(=O)(=O)c1ncn(C)c1Cl. The molecule has 5 nitrogen and oxygen atoms in total. The molecule has 0 aliphatic heterocycles. The van der Waals surface area contributed by atoms with E-state index in [9.17, 15) is 8.42 Å². The second kappa shape index (κ2) is 5.20. The molecule has 0 unspecified atom stereocenters. The molecule has 0 atom stereocenters. The van der Waals surface area contributed by atoms with Gasteiger partial charge in [-0.25, -0.2) is 18.1 Å². The van der Waals surface area contributed by atoms with Gasteiger partial charge in [0, 0.05) is 19.3 Å². The highest BCUT2D eigenvalue weighted by Gasteiger charge is 2.21. The Morgan fingerprint density at radius 2 is 2.33 bits per heavy atom. The molecule has 0 amide bonds. The molecule has 15 heavy (non-hydrogen) atoms. The van der Waals surface area contributed by atoms with Crippen molar-refractivity contribution in [3.05, 3.63) is 11.5 Å². The molecule has 0 aliphatic carbocycles. The summed E-state index contributed by atoms with van der Waals surface area (Å²) in [6.07, 6.45) is 3.27. The van der Waals surface area contributed by atoms with Crippen LogP contribution in [0.25, 0.3) is 0 Å². The molecule has 0 saturated heterocycles. The molecule has 0 radical (unpaired) electrons. The fraction of sp³-hybridized carbons (Fsp3) is 0.571. The Labute approximate surface area is 98.3 Å². The molecule has 1 aromatic heterocycles. The summed E-state index contributed by atoms with van der Waals surface area (Å²) in [6.45, 7) is 0.371. The van der Waals surface area contributed by atoms with Crippen LogP contribution in [0.4, 0.5) is 0 Å². The number of hydrogen-bond acceptors (Lipinski definition) is 4. The average molecular weight is 270 g/mol. The first-order valence-electron chi connectivity index (χ1n) is 4.14. The van der Waals surface area contributed by atoms with Crippen LogP contribution in [0, 0.1) is 0 Å². The van der Waals surface area contributed by atoms with Crippen LogP contribution in [0.15, 0.2) is 11.4 Å².